The summed E-state index contributed by atoms with van der Waals surface area (Å²) in [5.74, 6) is -0.621. The van der Waals surface area contributed by atoms with Gasteiger partial charge in [0.2, 0.25) is 0 Å². The summed E-state index contributed by atoms with van der Waals surface area (Å²) >= 11 is 5.81. The van der Waals surface area contributed by atoms with Gasteiger partial charge >= 0.3 is 0 Å². The summed E-state index contributed by atoms with van der Waals surface area (Å²) in [6, 6.07) is 19.6. The zero-order chi connectivity index (χ0) is 19.9. The van der Waals surface area contributed by atoms with Crippen LogP contribution in [0.15, 0.2) is 77.9 Å². The normalized spacial score (nSPS) is 10.6. The molecule has 0 aliphatic rings. The molecule has 0 aromatic heterocycles. The van der Waals surface area contributed by atoms with Crippen molar-refractivity contribution in [3.05, 3.63) is 94.5 Å². The number of amides is 2. The standard InChI is InChI=1S/C21H16ClN3O3/c22-17-9-5-14(6-10-17)20(27)24-18-11-7-15(8-12-18)21(28)25-23-13-16-3-1-2-4-19(16)26/h1-13,26H,(H,24,27)(H,25,28)/b23-13-. The van der Waals surface area contributed by atoms with E-state index in [4.69, 9.17) is 11.6 Å². The van der Waals surface area contributed by atoms with Crippen molar-refractivity contribution in [1.29, 1.82) is 0 Å². The van der Waals surface area contributed by atoms with E-state index in [0.717, 1.165) is 0 Å². The molecule has 0 heterocycles. The van der Waals surface area contributed by atoms with Gasteiger partial charge in [-0.15, -0.1) is 0 Å². The van der Waals surface area contributed by atoms with E-state index >= 15 is 0 Å². The van der Waals surface area contributed by atoms with Gasteiger partial charge in [0.1, 0.15) is 5.75 Å². The highest BCUT2D eigenvalue weighted by Gasteiger charge is 2.08. The van der Waals surface area contributed by atoms with Gasteiger partial charge in [0.25, 0.3) is 11.8 Å². The monoisotopic (exact) mass is 393 g/mol. The Kier molecular flexibility index (Phi) is 6.04. The van der Waals surface area contributed by atoms with Crippen molar-refractivity contribution in [2.75, 3.05) is 5.32 Å². The molecule has 0 saturated carbocycles. The van der Waals surface area contributed by atoms with Gasteiger partial charge < -0.3 is 10.4 Å². The number of phenolic OH excluding ortho intramolecular Hbond substituents is 1. The maximum atomic E-state index is 12.2. The summed E-state index contributed by atoms with van der Waals surface area (Å²) in [6.07, 6.45) is 1.36. The fourth-order valence-electron chi connectivity index (χ4n) is 2.33. The number of phenols is 1. The van der Waals surface area contributed by atoms with Crippen molar-refractivity contribution in [3.63, 3.8) is 0 Å². The zero-order valence-electron chi connectivity index (χ0n) is 14.6. The molecule has 3 aromatic rings. The summed E-state index contributed by atoms with van der Waals surface area (Å²) in [6.45, 7) is 0. The third-order valence-electron chi connectivity index (χ3n) is 3.82. The van der Waals surface area contributed by atoms with Crippen molar-refractivity contribution >= 4 is 35.3 Å². The number of carbonyl (C=O) groups is 2. The number of anilines is 1. The van der Waals surface area contributed by atoms with Crippen LogP contribution in [0, 0.1) is 0 Å². The van der Waals surface area contributed by atoms with Crippen molar-refractivity contribution in [1.82, 2.24) is 5.43 Å². The molecule has 0 atom stereocenters. The van der Waals surface area contributed by atoms with E-state index in [1.807, 2.05) is 0 Å². The van der Waals surface area contributed by atoms with Crippen LogP contribution in [0.25, 0.3) is 0 Å². The number of nitrogens with zero attached hydrogens (tertiary/aromatic N) is 1. The molecule has 3 rings (SSSR count). The maximum Gasteiger partial charge on any atom is 0.271 e. The van der Waals surface area contributed by atoms with Crippen LogP contribution in [0.2, 0.25) is 5.02 Å². The second-order valence-corrected chi connectivity index (χ2v) is 6.23. The topological polar surface area (TPSA) is 90.8 Å². The minimum absolute atomic E-state index is 0.0706. The summed E-state index contributed by atoms with van der Waals surface area (Å²) in [5.41, 5.74) is 4.28. The molecule has 0 unspecified atom stereocenters. The predicted octanol–water partition coefficient (Wildman–Crippen LogP) is 4.06. The maximum absolute atomic E-state index is 12.2. The first-order chi connectivity index (χ1) is 13.5. The van der Waals surface area contributed by atoms with E-state index in [1.54, 1.807) is 66.7 Å². The molecule has 0 bridgehead atoms. The summed E-state index contributed by atoms with van der Waals surface area (Å²) in [4.78, 5) is 24.3. The Hall–Kier alpha value is -3.64. The average molecular weight is 394 g/mol. The van der Waals surface area contributed by atoms with E-state index in [2.05, 4.69) is 15.8 Å². The molecule has 7 heteroatoms. The molecule has 3 N–H and O–H groups in total. The average Bonchev–Trinajstić information content (AvgIpc) is 2.70. The first-order valence-corrected chi connectivity index (χ1v) is 8.69. The smallest absolute Gasteiger partial charge is 0.271 e. The Morgan fingerprint density at radius 1 is 0.857 bits per heavy atom. The van der Waals surface area contributed by atoms with E-state index in [1.165, 1.54) is 12.3 Å². The second kappa shape index (κ2) is 8.83. The molecular formula is C21H16ClN3O3. The van der Waals surface area contributed by atoms with Gasteiger partial charge in [-0.25, -0.2) is 5.43 Å². The highest BCUT2D eigenvalue weighted by atomic mass is 35.5. The van der Waals surface area contributed by atoms with Gasteiger partial charge in [0.15, 0.2) is 0 Å². The minimum Gasteiger partial charge on any atom is -0.507 e. The summed E-state index contributed by atoms with van der Waals surface area (Å²) < 4.78 is 0. The molecule has 0 radical (unpaired) electrons. The van der Waals surface area contributed by atoms with Crippen LogP contribution in [0.5, 0.6) is 5.75 Å². The van der Waals surface area contributed by atoms with Gasteiger partial charge in [0.05, 0.1) is 6.21 Å². The van der Waals surface area contributed by atoms with Gasteiger partial charge in [-0.2, -0.15) is 5.10 Å². The molecule has 0 aliphatic heterocycles. The third-order valence-corrected chi connectivity index (χ3v) is 4.07. The van der Waals surface area contributed by atoms with Gasteiger partial charge in [-0.05, 0) is 60.7 Å². The lowest BCUT2D eigenvalue weighted by atomic mass is 10.1. The Labute approximate surface area is 166 Å². The van der Waals surface area contributed by atoms with Crippen LogP contribution in [0.1, 0.15) is 26.3 Å². The van der Waals surface area contributed by atoms with E-state index in [-0.39, 0.29) is 11.7 Å². The lowest BCUT2D eigenvalue weighted by Gasteiger charge is -2.06. The SMILES string of the molecule is O=C(N/N=C\c1ccccc1O)c1ccc(NC(=O)c2ccc(Cl)cc2)cc1. The lowest BCUT2D eigenvalue weighted by molar-refractivity contribution is 0.0954. The highest BCUT2D eigenvalue weighted by Crippen LogP contribution is 2.14. The molecular weight excluding hydrogens is 378 g/mol. The first-order valence-electron chi connectivity index (χ1n) is 8.31. The number of rotatable bonds is 5. The van der Waals surface area contributed by atoms with Crippen molar-refractivity contribution in [3.8, 4) is 5.75 Å². The van der Waals surface area contributed by atoms with Crippen molar-refractivity contribution in [2.45, 2.75) is 0 Å². The van der Waals surface area contributed by atoms with E-state index in [0.29, 0.717) is 27.4 Å². The fourth-order valence-corrected chi connectivity index (χ4v) is 2.46. The van der Waals surface area contributed by atoms with Crippen LogP contribution in [-0.4, -0.2) is 23.1 Å². The van der Waals surface area contributed by atoms with E-state index < -0.39 is 5.91 Å². The van der Waals surface area contributed by atoms with Gasteiger partial charge in [-0.1, -0.05) is 23.7 Å². The Balaban J connectivity index is 1.59. The summed E-state index contributed by atoms with van der Waals surface area (Å²) in [5, 5.41) is 16.8. The molecule has 2 amide bonds. The van der Waals surface area contributed by atoms with Gasteiger partial charge in [0, 0.05) is 27.4 Å². The number of hydrazone groups is 1. The van der Waals surface area contributed by atoms with Crippen LogP contribution < -0.4 is 10.7 Å². The van der Waals surface area contributed by atoms with Gasteiger partial charge in [-0.3, -0.25) is 9.59 Å². The predicted molar refractivity (Wildman–Crippen MR) is 109 cm³/mol. The molecule has 0 aliphatic carbocycles. The molecule has 3 aromatic carbocycles. The van der Waals surface area contributed by atoms with Crippen molar-refractivity contribution in [2.24, 2.45) is 5.10 Å². The molecule has 0 fully saturated rings. The lowest BCUT2D eigenvalue weighted by Crippen LogP contribution is -2.17. The Morgan fingerprint density at radius 2 is 1.46 bits per heavy atom. The summed E-state index contributed by atoms with van der Waals surface area (Å²) in [7, 11) is 0. The van der Waals surface area contributed by atoms with Crippen LogP contribution in [-0.2, 0) is 0 Å². The van der Waals surface area contributed by atoms with Crippen molar-refractivity contribution < 1.29 is 14.7 Å². The largest absolute Gasteiger partial charge is 0.507 e. The van der Waals surface area contributed by atoms with Crippen LogP contribution >= 0.6 is 11.6 Å². The highest BCUT2D eigenvalue weighted by molar-refractivity contribution is 6.30. The number of nitrogens with one attached hydrogen (secondary N) is 2. The first kappa shape index (κ1) is 19.1. The molecule has 0 saturated heterocycles. The van der Waals surface area contributed by atoms with Crippen LogP contribution in [0.3, 0.4) is 0 Å². The Morgan fingerprint density at radius 3 is 2.14 bits per heavy atom. The minimum atomic E-state index is -0.415. The van der Waals surface area contributed by atoms with E-state index in [9.17, 15) is 14.7 Å². The fraction of sp³-hybridized carbons (Fsp3) is 0. The molecule has 6 nitrogen and oxygen atoms in total. The number of halogens is 1. The zero-order valence-corrected chi connectivity index (χ0v) is 15.4. The number of carbonyl (C=O) groups excluding carboxylic acids is 2. The molecule has 28 heavy (non-hydrogen) atoms. The number of hydrogen-bond donors (Lipinski definition) is 3. The third kappa shape index (κ3) is 4.96. The second-order valence-electron chi connectivity index (χ2n) is 5.80. The molecule has 140 valence electrons. The van der Waals surface area contributed by atoms with Crippen LogP contribution in [0.4, 0.5) is 5.69 Å². The Bertz CT molecular complexity index is 1020. The number of benzene rings is 3. The number of hydrogen-bond acceptors (Lipinski definition) is 4. The molecule has 0 spiro atoms. The quantitative estimate of drug-likeness (QED) is 0.451. The number of aromatic hydroxyl groups is 1. The number of para-hydroxylation sites is 1.